The summed E-state index contributed by atoms with van der Waals surface area (Å²) < 4.78 is 5.42. The number of morpholine rings is 1. The van der Waals surface area contributed by atoms with Crippen LogP contribution in [0, 0.1) is 0 Å². The highest BCUT2D eigenvalue weighted by atomic mass is 35.5. The van der Waals surface area contributed by atoms with E-state index >= 15 is 0 Å². The van der Waals surface area contributed by atoms with Gasteiger partial charge < -0.3 is 10.1 Å². The summed E-state index contributed by atoms with van der Waals surface area (Å²) in [7, 11) is 1.60. The number of nitrogens with zero attached hydrogens (tertiary/aromatic N) is 2. The Morgan fingerprint density at radius 1 is 1.58 bits per heavy atom. The molecule has 1 aliphatic heterocycles. The number of aromatic nitrogens is 1. The fourth-order valence-electron chi connectivity index (χ4n) is 1.98. The molecule has 1 amide bonds. The second-order valence-corrected chi connectivity index (χ2v) is 5.09. The highest BCUT2D eigenvalue weighted by molar-refractivity contribution is 6.42. The Bertz CT molecular complexity index is 470. The third-order valence-electron chi connectivity index (χ3n) is 2.99. The summed E-state index contributed by atoms with van der Waals surface area (Å²) in [6.07, 6.45) is 2.77. The fraction of sp³-hybridized carbons (Fsp3) is 0.500. The van der Waals surface area contributed by atoms with Gasteiger partial charge in [-0.1, -0.05) is 23.2 Å². The third-order valence-corrected chi connectivity index (χ3v) is 3.82. The first-order valence-corrected chi connectivity index (χ1v) is 6.71. The molecule has 1 aromatic rings. The Morgan fingerprint density at radius 2 is 2.37 bits per heavy atom. The van der Waals surface area contributed by atoms with Crippen LogP contribution in [0.3, 0.4) is 0 Å². The van der Waals surface area contributed by atoms with Gasteiger partial charge in [0.05, 0.1) is 16.7 Å². The Labute approximate surface area is 121 Å². The predicted octanol–water partition coefficient (Wildman–Crippen LogP) is 1.34. The van der Waals surface area contributed by atoms with Gasteiger partial charge in [0.2, 0.25) is 5.91 Å². The van der Waals surface area contributed by atoms with Gasteiger partial charge in [-0.2, -0.15) is 0 Å². The number of rotatable bonds is 3. The number of amides is 1. The van der Waals surface area contributed by atoms with Gasteiger partial charge in [-0.15, -0.1) is 0 Å². The summed E-state index contributed by atoms with van der Waals surface area (Å²) in [5.74, 6) is -0.111. The molecule has 1 atom stereocenters. The zero-order chi connectivity index (χ0) is 13.8. The van der Waals surface area contributed by atoms with E-state index < -0.39 is 6.10 Å². The van der Waals surface area contributed by atoms with E-state index in [2.05, 4.69) is 15.2 Å². The minimum atomic E-state index is -0.440. The summed E-state index contributed by atoms with van der Waals surface area (Å²) in [4.78, 5) is 17.7. The molecule has 1 N–H and O–H groups in total. The standard InChI is InChI=1S/C12H15Cl2N3O2/c1-15-12(18)10-7-17(2-3-19-10)6-8-4-16-5-9(13)11(8)14/h4-5,10H,2-3,6-7H2,1H3,(H,15,18). The molecule has 2 heterocycles. The van der Waals surface area contributed by atoms with Crippen LogP contribution in [0.25, 0.3) is 0 Å². The quantitative estimate of drug-likeness (QED) is 0.915. The van der Waals surface area contributed by atoms with Gasteiger partial charge in [0.1, 0.15) is 6.10 Å². The van der Waals surface area contributed by atoms with E-state index in [1.165, 1.54) is 6.20 Å². The number of carbonyl (C=O) groups excluding carboxylic acids is 1. The molecule has 2 rings (SSSR count). The van der Waals surface area contributed by atoms with Gasteiger partial charge in [0.25, 0.3) is 0 Å². The topological polar surface area (TPSA) is 54.5 Å². The highest BCUT2D eigenvalue weighted by Crippen LogP contribution is 2.25. The molecule has 104 valence electrons. The first-order valence-electron chi connectivity index (χ1n) is 5.95. The zero-order valence-corrected chi connectivity index (χ0v) is 12.0. The Morgan fingerprint density at radius 3 is 3.11 bits per heavy atom. The van der Waals surface area contributed by atoms with Crippen LogP contribution in [0.4, 0.5) is 0 Å². The molecular formula is C12H15Cl2N3O2. The van der Waals surface area contributed by atoms with E-state index in [4.69, 9.17) is 27.9 Å². The van der Waals surface area contributed by atoms with Crippen LogP contribution in [0.15, 0.2) is 12.4 Å². The fourth-order valence-corrected chi connectivity index (χ4v) is 2.31. The summed E-state index contributed by atoms with van der Waals surface area (Å²) in [5, 5.41) is 3.54. The van der Waals surface area contributed by atoms with Crippen molar-refractivity contribution in [3.63, 3.8) is 0 Å². The van der Waals surface area contributed by atoms with E-state index in [1.807, 2.05) is 0 Å². The maximum atomic E-state index is 11.6. The first kappa shape index (κ1) is 14.5. The molecule has 0 aromatic carbocycles. The van der Waals surface area contributed by atoms with Gasteiger partial charge in [0.15, 0.2) is 0 Å². The average molecular weight is 304 g/mol. The molecule has 1 saturated heterocycles. The van der Waals surface area contributed by atoms with Crippen LogP contribution >= 0.6 is 23.2 Å². The second-order valence-electron chi connectivity index (χ2n) is 4.30. The van der Waals surface area contributed by atoms with E-state index in [0.717, 1.165) is 12.1 Å². The predicted molar refractivity (Wildman–Crippen MR) is 73.3 cm³/mol. The van der Waals surface area contributed by atoms with E-state index in [1.54, 1.807) is 13.2 Å². The smallest absolute Gasteiger partial charge is 0.250 e. The van der Waals surface area contributed by atoms with Crippen molar-refractivity contribution in [1.29, 1.82) is 0 Å². The number of pyridine rings is 1. The van der Waals surface area contributed by atoms with Gasteiger partial charge >= 0.3 is 0 Å². The molecule has 19 heavy (non-hydrogen) atoms. The summed E-state index contributed by atoms with van der Waals surface area (Å²) >= 11 is 12.1. The van der Waals surface area contributed by atoms with Crippen LogP contribution in [-0.4, -0.2) is 48.6 Å². The molecule has 0 saturated carbocycles. The number of likely N-dealkylation sites (N-methyl/N-ethyl adjacent to an activating group) is 1. The number of hydrogen-bond acceptors (Lipinski definition) is 4. The van der Waals surface area contributed by atoms with Crippen molar-refractivity contribution in [2.24, 2.45) is 0 Å². The Hall–Kier alpha value is -0.880. The van der Waals surface area contributed by atoms with Crippen molar-refractivity contribution in [2.75, 3.05) is 26.7 Å². The summed E-state index contributed by atoms with van der Waals surface area (Å²) in [6.45, 7) is 2.39. The lowest BCUT2D eigenvalue weighted by Crippen LogP contribution is -2.48. The molecule has 0 spiro atoms. The third kappa shape index (κ3) is 3.57. The molecule has 0 bridgehead atoms. The van der Waals surface area contributed by atoms with Crippen molar-refractivity contribution in [1.82, 2.24) is 15.2 Å². The normalized spacial score (nSPS) is 20.3. The number of ether oxygens (including phenoxy) is 1. The van der Waals surface area contributed by atoms with Crippen molar-refractivity contribution >= 4 is 29.1 Å². The Kier molecular flexibility index (Phi) is 4.99. The van der Waals surface area contributed by atoms with Gasteiger partial charge in [-0.05, 0) is 0 Å². The molecule has 0 radical (unpaired) electrons. The van der Waals surface area contributed by atoms with Gasteiger partial charge in [-0.3, -0.25) is 14.7 Å². The summed E-state index contributed by atoms with van der Waals surface area (Å²) in [5.41, 5.74) is 0.853. The van der Waals surface area contributed by atoms with Crippen molar-refractivity contribution in [3.05, 3.63) is 28.0 Å². The van der Waals surface area contributed by atoms with Crippen molar-refractivity contribution < 1.29 is 9.53 Å². The molecule has 1 aromatic heterocycles. The van der Waals surface area contributed by atoms with Crippen molar-refractivity contribution in [3.8, 4) is 0 Å². The monoisotopic (exact) mass is 303 g/mol. The molecule has 7 heteroatoms. The van der Waals surface area contributed by atoms with Crippen molar-refractivity contribution in [2.45, 2.75) is 12.6 Å². The molecule has 1 fully saturated rings. The first-order chi connectivity index (χ1) is 9.11. The van der Waals surface area contributed by atoms with Crippen LogP contribution in [0.1, 0.15) is 5.56 Å². The number of hydrogen-bond donors (Lipinski definition) is 1. The van der Waals surface area contributed by atoms with E-state index in [-0.39, 0.29) is 5.91 Å². The Balaban J connectivity index is 2.03. The lowest BCUT2D eigenvalue weighted by Gasteiger charge is -2.32. The maximum Gasteiger partial charge on any atom is 0.250 e. The van der Waals surface area contributed by atoms with Gasteiger partial charge in [0, 0.05) is 44.6 Å². The van der Waals surface area contributed by atoms with E-state index in [9.17, 15) is 4.79 Å². The largest absolute Gasteiger partial charge is 0.366 e. The maximum absolute atomic E-state index is 11.6. The molecule has 1 aliphatic rings. The minimum Gasteiger partial charge on any atom is -0.366 e. The van der Waals surface area contributed by atoms with Crippen LogP contribution in [0.2, 0.25) is 10.0 Å². The van der Waals surface area contributed by atoms with Gasteiger partial charge in [-0.25, -0.2) is 0 Å². The number of halogens is 2. The second kappa shape index (κ2) is 6.52. The van der Waals surface area contributed by atoms with Crippen LogP contribution in [-0.2, 0) is 16.1 Å². The zero-order valence-electron chi connectivity index (χ0n) is 10.5. The van der Waals surface area contributed by atoms with Crippen LogP contribution in [0.5, 0.6) is 0 Å². The molecular weight excluding hydrogens is 289 g/mol. The lowest BCUT2D eigenvalue weighted by atomic mass is 10.2. The molecule has 1 unspecified atom stereocenters. The van der Waals surface area contributed by atoms with Crippen LogP contribution < -0.4 is 5.32 Å². The number of nitrogens with one attached hydrogen (secondary N) is 1. The number of carbonyl (C=O) groups is 1. The van der Waals surface area contributed by atoms with E-state index in [0.29, 0.717) is 29.7 Å². The highest BCUT2D eigenvalue weighted by Gasteiger charge is 2.26. The minimum absolute atomic E-state index is 0.111. The average Bonchev–Trinajstić information content (AvgIpc) is 2.43. The lowest BCUT2D eigenvalue weighted by molar-refractivity contribution is -0.138. The molecule has 5 nitrogen and oxygen atoms in total. The SMILES string of the molecule is CNC(=O)C1CN(Cc2cncc(Cl)c2Cl)CCO1. The summed E-state index contributed by atoms with van der Waals surface area (Å²) in [6, 6.07) is 0. The molecule has 0 aliphatic carbocycles.